The summed E-state index contributed by atoms with van der Waals surface area (Å²) < 4.78 is 5.84. The van der Waals surface area contributed by atoms with Crippen molar-refractivity contribution in [3.8, 4) is 0 Å². The minimum atomic E-state index is -1.03. The van der Waals surface area contributed by atoms with E-state index in [-0.39, 0.29) is 0 Å². The van der Waals surface area contributed by atoms with E-state index in [2.05, 4.69) is 28.9 Å². The van der Waals surface area contributed by atoms with Crippen molar-refractivity contribution in [2.75, 3.05) is 0 Å². The molecule has 0 nitrogen and oxygen atoms in total. The van der Waals surface area contributed by atoms with E-state index in [1.165, 1.54) is 6.42 Å². The van der Waals surface area contributed by atoms with Crippen molar-refractivity contribution in [3.63, 3.8) is 0 Å². The van der Waals surface area contributed by atoms with E-state index in [1.807, 2.05) is 0 Å². The molecule has 0 radical (unpaired) electrons. The second kappa shape index (κ2) is 2.62. The summed E-state index contributed by atoms with van der Waals surface area (Å²) in [5.74, 6) is 0. The van der Waals surface area contributed by atoms with Crippen molar-refractivity contribution in [1.82, 2.24) is 0 Å². The average molecular weight is 328 g/mol. The van der Waals surface area contributed by atoms with Gasteiger partial charge in [-0.3, -0.25) is 0 Å². The zero-order valence-corrected chi connectivity index (χ0v) is 9.65. The van der Waals surface area contributed by atoms with Crippen LogP contribution in [0.25, 0.3) is 0 Å². The molecule has 1 aliphatic rings. The number of hydrogen-bond donors (Lipinski definition) is 0. The number of hydrogen-bond acceptors (Lipinski definition) is 0. The maximum absolute atomic E-state index is 2.52. The molecule has 0 bridgehead atoms. The standard InChI is InChI=1S/C8H8.CH3.Bi/c1-2-8-6-4-3-5-7-8;;/h3-6H,1-2H2;1H3;. The summed E-state index contributed by atoms with van der Waals surface area (Å²) in [6.07, 6.45) is 1.38. The second-order valence-electron chi connectivity index (χ2n) is 2.80. The van der Waals surface area contributed by atoms with E-state index in [9.17, 15) is 0 Å². The van der Waals surface area contributed by atoms with Crippen molar-refractivity contribution in [2.45, 2.75) is 15.2 Å². The van der Waals surface area contributed by atoms with E-state index in [0.29, 0.717) is 0 Å². The molecule has 1 aromatic rings. The molecular formula is C9H11Bi. The molecule has 1 heterocycles. The first-order chi connectivity index (χ1) is 4.88. The second-order valence-corrected chi connectivity index (χ2v) is 11.8. The normalized spacial score (nSPS) is 17.3. The Kier molecular flexibility index (Phi) is 1.78. The predicted molar refractivity (Wildman–Crippen MR) is 46.2 cm³/mol. The van der Waals surface area contributed by atoms with Crippen LogP contribution < -0.4 is 3.27 Å². The van der Waals surface area contributed by atoms with E-state index < -0.39 is 21.8 Å². The molecule has 1 heteroatoms. The van der Waals surface area contributed by atoms with Gasteiger partial charge in [0.15, 0.2) is 0 Å². The Morgan fingerprint density at radius 1 is 1.30 bits per heavy atom. The van der Waals surface area contributed by atoms with Crippen LogP contribution in [-0.4, -0.2) is 21.8 Å². The van der Waals surface area contributed by atoms with Crippen molar-refractivity contribution in [3.05, 3.63) is 29.8 Å². The van der Waals surface area contributed by atoms with Gasteiger partial charge in [-0.25, -0.2) is 0 Å². The SMILES string of the molecule is [CH3][Bi]1[CH2]Cc2cccc[c]21. The molecule has 0 spiro atoms. The topological polar surface area (TPSA) is 0 Å². The number of benzene rings is 1. The summed E-state index contributed by atoms with van der Waals surface area (Å²) >= 11 is -1.03. The fourth-order valence-corrected chi connectivity index (χ4v) is 8.63. The third-order valence-electron chi connectivity index (χ3n) is 2.12. The maximum atomic E-state index is 2.52. The molecule has 0 saturated heterocycles. The Morgan fingerprint density at radius 3 is 2.90 bits per heavy atom. The Morgan fingerprint density at radius 2 is 2.10 bits per heavy atom. The van der Waals surface area contributed by atoms with Crippen LogP contribution in [0.2, 0.25) is 8.76 Å². The van der Waals surface area contributed by atoms with Gasteiger partial charge in [-0.1, -0.05) is 0 Å². The van der Waals surface area contributed by atoms with E-state index in [4.69, 9.17) is 0 Å². The van der Waals surface area contributed by atoms with E-state index >= 15 is 0 Å². The van der Waals surface area contributed by atoms with Crippen LogP contribution in [0.4, 0.5) is 0 Å². The predicted octanol–water partition coefficient (Wildman–Crippen LogP) is 1.57. The number of rotatable bonds is 0. The van der Waals surface area contributed by atoms with Crippen LogP contribution in [0.1, 0.15) is 5.56 Å². The van der Waals surface area contributed by atoms with Gasteiger partial charge in [0.2, 0.25) is 0 Å². The summed E-state index contributed by atoms with van der Waals surface area (Å²) in [5, 5.41) is 0. The van der Waals surface area contributed by atoms with Gasteiger partial charge in [-0.15, -0.1) is 0 Å². The first kappa shape index (κ1) is 6.79. The first-order valence-corrected chi connectivity index (χ1v) is 11.3. The Labute approximate surface area is 69.9 Å². The third-order valence-corrected chi connectivity index (χ3v) is 10.5. The molecule has 0 aromatic heterocycles. The van der Waals surface area contributed by atoms with Gasteiger partial charge in [-0.2, -0.15) is 0 Å². The van der Waals surface area contributed by atoms with Gasteiger partial charge in [0, 0.05) is 0 Å². The van der Waals surface area contributed by atoms with Crippen LogP contribution in [-0.2, 0) is 6.42 Å². The molecule has 0 amide bonds. The first-order valence-electron chi connectivity index (χ1n) is 3.67. The summed E-state index contributed by atoms with van der Waals surface area (Å²) in [6.45, 7) is 0. The quantitative estimate of drug-likeness (QED) is 0.635. The molecule has 2 rings (SSSR count). The number of aryl methyl sites for hydroxylation is 1. The zero-order valence-electron chi connectivity index (χ0n) is 6.17. The van der Waals surface area contributed by atoms with Gasteiger partial charge < -0.3 is 0 Å². The van der Waals surface area contributed by atoms with Gasteiger partial charge in [0.05, 0.1) is 0 Å². The fraction of sp³-hybridized carbons (Fsp3) is 0.333. The van der Waals surface area contributed by atoms with Crippen molar-refractivity contribution >= 4 is 25.0 Å². The average Bonchev–Trinajstić information content (AvgIpc) is 2.34. The van der Waals surface area contributed by atoms with Crippen molar-refractivity contribution in [1.29, 1.82) is 0 Å². The summed E-state index contributed by atoms with van der Waals surface area (Å²) in [6, 6.07) is 9.01. The van der Waals surface area contributed by atoms with Gasteiger partial charge in [0.1, 0.15) is 0 Å². The molecule has 0 aliphatic carbocycles. The third kappa shape index (κ3) is 1.01. The minimum absolute atomic E-state index is 1.03. The van der Waals surface area contributed by atoms with Crippen LogP contribution in [0.5, 0.6) is 0 Å². The van der Waals surface area contributed by atoms with Gasteiger partial charge >= 0.3 is 70.0 Å². The molecule has 1 aromatic carbocycles. The van der Waals surface area contributed by atoms with Gasteiger partial charge in [-0.05, 0) is 0 Å². The van der Waals surface area contributed by atoms with Crippen molar-refractivity contribution < 1.29 is 0 Å². The van der Waals surface area contributed by atoms with Crippen molar-refractivity contribution in [2.24, 2.45) is 0 Å². The summed E-state index contributed by atoms with van der Waals surface area (Å²) in [4.78, 5) is 0. The van der Waals surface area contributed by atoms with Crippen LogP contribution in [0, 0.1) is 0 Å². The fourth-order valence-electron chi connectivity index (χ4n) is 1.50. The molecule has 10 heavy (non-hydrogen) atoms. The summed E-state index contributed by atoms with van der Waals surface area (Å²) in [7, 11) is 0. The molecule has 0 unspecified atom stereocenters. The van der Waals surface area contributed by atoms with E-state index in [1.54, 1.807) is 13.0 Å². The number of fused-ring (bicyclic) bond motifs is 1. The van der Waals surface area contributed by atoms with E-state index in [0.717, 1.165) is 0 Å². The zero-order chi connectivity index (χ0) is 6.97. The Bertz CT molecular complexity index is 242. The van der Waals surface area contributed by atoms with Crippen LogP contribution in [0.15, 0.2) is 24.3 Å². The molecule has 0 atom stereocenters. The molecular weight excluding hydrogens is 317 g/mol. The Hall–Kier alpha value is 0.103. The molecule has 0 fully saturated rings. The van der Waals surface area contributed by atoms with Crippen LogP contribution in [0.3, 0.4) is 0 Å². The molecule has 1 aliphatic heterocycles. The monoisotopic (exact) mass is 328 g/mol. The van der Waals surface area contributed by atoms with Gasteiger partial charge in [0.25, 0.3) is 0 Å². The molecule has 0 saturated carbocycles. The molecule has 0 N–H and O–H groups in total. The molecule has 52 valence electrons. The summed E-state index contributed by atoms with van der Waals surface area (Å²) in [5.41, 5.74) is 1.66. The Balaban J connectivity index is 2.51. The van der Waals surface area contributed by atoms with Crippen LogP contribution >= 0.6 is 0 Å².